The van der Waals surface area contributed by atoms with Gasteiger partial charge in [-0.2, -0.15) is 0 Å². The van der Waals surface area contributed by atoms with Crippen LogP contribution >= 0.6 is 0 Å². The number of amides is 2. The van der Waals surface area contributed by atoms with Crippen LogP contribution in [0.25, 0.3) is 0 Å². The molecule has 2 amide bonds. The van der Waals surface area contributed by atoms with Gasteiger partial charge in [-0.15, -0.1) is 0 Å². The summed E-state index contributed by atoms with van der Waals surface area (Å²) in [6, 6.07) is 0.144. The summed E-state index contributed by atoms with van der Waals surface area (Å²) < 4.78 is 0. The average molecular weight is 298 g/mol. The van der Waals surface area contributed by atoms with E-state index in [-0.39, 0.29) is 18.5 Å². The lowest BCUT2D eigenvalue weighted by Gasteiger charge is -2.46. The van der Waals surface area contributed by atoms with Crippen LogP contribution in [0.15, 0.2) is 0 Å². The van der Waals surface area contributed by atoms with Crippen LogP contribution in [0, 0.1) is 0 Å². The van der Waals surface area contributed by atoms with Crippen molar-refractivity contribution in [3.63, 3.8) is 0 Å². The highest BCUT2D eigenvalue weighted by atomic mass is 16.4. The van der Waals surface area contributed by atoms with E-state index in [2.05, 4.69) is 6.92 Å². The Balaban J connectivity index is 2.95. The summed E-state index contributed by atoms with van der Waals surface area (Å²) in [5.74, 6) is -0.817. The molecular weight excluding hydrogens is 268 g/mol. The van der Waals surface area contributed by atoms with Gasteiger partial charge in [0.15, 0.2) is 0 Å². The van der Waals surface area contributed by atoms with Crippen molar-refractivity contribution < 1.29 is 14.7 Å². The number of nitrogens with zero attached hydrogens (tertiary/aromatic N) is 2. The Kier molecular flexibility index (Phi) is 6.49. The fraction of sp³-hybridized carbons (Fsp3) is 0.875. The molecule has 1 aliphatic rings. The minimum absolute atomic E-state index is 0.0324. The van der Waals surface area contributed by atoms with E-state index in [1.165, 1.54) is 0 Å². The van der Waals surface area contributed by atoms with Gasteiger partial charge in [0, 0.05) is 19.6 Å². The lowest BCUT2D eigenvalue weighted by Crippen LogP contribution is -2.57. The number of hydrogen-bond acceptors (Lipinski definition) is 2. The van der Waals surface area contributed by atoms with Crippen LogP contribution < -0.4 is 0 Å². The fourth-order valence-electron chi connectivity index (χ4n) is 3.37. The number of carbonyl (C=O) groups is 2. The third-order valence-electron chi connectivity index (χ3n) is 4.97. The second kappa shape index (κ2) is 7.66. The number of rotatable bonds is 6. The maximum atomic E-state index is 12.8. The van der Waals surface area contributed by atoms with Crippen LogP contribution in [0.2, 0.25) is 0 Å². The zero-order chi connectivity index (χ0) is 16.0. The summed E-state index contributed by atoms with van der Waals surface area (Å²) in [7, 11) is 1.78. The monoisotopic (exact) mass is 298 g/mol. The molecule has 1 atom stereocenters. The van der Waals surface area contributed by atoms with Gasteiger partial charge in [0.05, 0.1) is 12.0 Å². The van der Waals surface area contributed by atoms with Crippen LogP contribution in [0.1, 0.15) is 65.7 Å². The predicted octanol–water partition coefficient (Wildman–Crippen LogP) is 3.34. The molecule has 0 aliphatic heterocycles. The van der Waals surface area contributed by atoms with E-state index in [9.17, 15) is 14.7 Å². The van der Waals surface area contributed by atoms with Crippen LogP contribution in [0.4, 0.5) is 4.79 Å². The Morgan fingerprint density at radius 3 is 2.19 bits per heavy atom. The minimum atomic E-state index is -0.817. The van der Waals surface area contributed by atoms with Gasteiger partial charge in [-0.25, -0.2) is 4.79 Å². The minimum Gasteiger partial charge on any atom is -0.481 e. The number of carboxylic acids is 1. The molecule has 0 radical (unpaired) electrons. The molecule has 0 bridgehead atoms. The number of hydrogen-bond donors (Lipinski definition) is 1. The first kappa shape index (κ1) is 17.8. The molecule has 0 aromatic heterocycles. The normalized spacial score (nSPS) is 18.9. The highest BCUT2D eigenvalue weighted by Gasteiger charge is 2.41. The van der Waals surface area contributed by atoms with E-state index in [0.717, 1.165) is 38.5 Å². The molecule has 0 saturated heterocycles. The molecule has 1 rings (SSSR count). The van der Waals surface area contributed by atoms with Crippen molar-refractivity contribution in [3.05, 3.63) is 0 Å². The Morgan fingerprint density at radius 2 is 1.76 bits per heavy atom. The fourth-order valence-corrected chi connectivity index (χ4v) is 3.37. The average Bonchev–Trinajstić information content (AvgIpc) is 2.46. The first-order chi connectivity index (χ1) is 9.88. The smallest absolute Gasteiger partial charge is 0.320 e. The van der Waals surface area contributed by atoms with E-state index < -0.39 is 11.5 Å². The van der Waals surface area contributed by atoms with E-state index in [1.807, 2.05) is 18.7 Å². The maximum Gasteiger partial charge on any atom is 0.320 e. The van der Waals surface area contributed by atoms with Crippen LogP contribution in [0.5, 0.6) is 0 Å². The van der Waals surface area contributed by atoms with E-state index in [4.69, 9.17) is 0 Å². The highest BCUT2D eigenvalue weighted by molar-refractivity contribution is 5.77. The molecule has 0 aromatic rings. The molecule has 1 N–H and O–H groups in total. The summed E-state index contributed by atoms with van der Waals surface area (Å²) >= 11 is 0. The summed E-state index contributed by atoms with van der Waals surface area (Å²) in [4.78, 5) is 27.7. The third-order valence-corrected chi connectivity index (χ3v) is 4.97. The van der Waals surface area contributed by atoms with Gasteiger partial charge in [-0.1, -0.05) is 26.2 Å². The molecule has 122 valence electrons. The molecule has 1 fully saturated rings. The molecule has 5 heteroatoms. The standard InChI is InChI=1S/C16H30N2O3/c1-5-13(3)18(6-2)15(21)17(4)16(12-14(19)20)10-8-7-9-11-16/h13H,5-12H2,1-4H3,(H,19,20). The zero-order valence-corrected chi connectivity index (χ0v) is 13.9. The number of aliphatic carboxylic acids is 1. The maximum absolute atomic E-state index is 12.8. The lowest BCUT2D eigenvalue weighted by atomic mass is 9.78. The van der Waals surface area contributed by atoms with E-state index >= 15 is 0 Å². The van der Waals surface area contributed by atoms with Gasteiger partial charge in [-0.3, -0.25) is 4.79 Å². The number of urea groups is 1. The van der Waals surface area contributed by atoms with Crippen molar-refractivity contribution in [2.75, 3.05) is 13.6 Å². The molecule has 0 heterocycles. The molecule has 0 spiro atoms. The molecule has 1 saturated carbocycles. The first-order valence-electron chi connectivity index (χ1n) is 8.14. The van der Waals surface area contributed by atoms with Gasteiger partial charge in [-0.05, 0) is 33.1 Å². The Labute approximate surface area is 128 Å². The third kappa shape index (κ3) is 4.11. The Bertz CT molecular complexity index is 365. The van der Waals surface area contributed by atoms with E-state index in [0.29, 0.717) is 6.54 Å². The van der Waals surface area contributed by atoms with Gasteiger partial charge < -0.3 is 14.9 Å². The molecule has 0 aromatic carbocycles. The van der Waals surface area contributed by atoms with Crippen molar-refractivity contribution in [1.29, 1.82) is 0 Å². The summed E-state index contributed by atoms with van der Waals surface area (Å²) in [6.45, 7) is 6.73. The number of carboxylic acid groups (broad SMARTS) is 1. The van der Waals surface area contributed by atoms with E-state index in [1.54, 1.807) is 11.9 Å². The largest absolute Gasteiger partial charge is 0.481 e. The lowest BCUT2D eigenvalue weighted by molar-refractivity contribution is -0.140. The summed E-state index contributed by atoms with van der Waals surface area (Å²) in [6.07, 6.45) is 5.67. The first-order valence-corrected chi connectivity index (χ1v) is 8.14. The van der Waals surface area contributed by atoms with Crippen LogP contribution in [-0.2, 0) is 4.79 Å². The van der Waals surface area contributed by atoms with Crippen molar-refractivity contribution in [2.24, 2.45) is 0 Å². The highest BCUT2D eigenvalue weighted by Crippen LogP contribution is 2.36. The summed E-state index contributed by atoms with van der Waals surface area (Å²) in [5, 5.41) is 9.26. The quantitative estimate of drug-likeness (QED) is 0.818. The summed E-state index contributed by atoms with van der Waals surface area (Å²) in [5.41, 5.74) is -0.512. The van der Waals surface area contributed by atoms with Crippen molar-refractivity contribution in [1.82, 2.24) is 9.80 Å². The topological polar surface area (TPSA) is 60.9 Å². The second-order valence-electron chi connectivity index (χ2n) is 6.24. The molecular formula is C16H30N2O3. The van der Waals surface area contributed by atoms with Gasteiger partial charge in [0.25, 0.3) is 0 Å². The Morgan fingerprint density at radius 1 is 1.19 bits per heavy atom. The molecule has 21 heavy (non-hydrogen) atoms. The van der Waals surface area contributed by atoms with Crippen molar-refractivity contribution in [3.8, 4) is 0 Å². The van der Waals surface area contributed by atoms with Crippen LogP contribution in [0.3, 0.4) is 0 Å². The van der Waals surface area contributed by atoms with Gasteiger partial charge in [0.1, 0.15) is 0 Å². The molecule has 1 unspecified atom stereocenters. The second-order valence-corrected chi connectivity index (χ2v) is 6.24. The van der Waals surface area contributed by atoms with Gasteiger partial charge in [0.2, 0.25) is 0 Å². The SMILES string of the molecule is CCC(C)N(CC)C(=O)N(C)C1(CC(=O)O)CCCCC1. The van der Waals surface area contributed by atoms with Gasteiger partial charge >= 0.3 is 12.0 Å². The van der Waals surface area contributed by atoms with Crippen LogP contribution in [-0.4, -0.2) is 52.1 Å². The Hall–Kier alpha value is -1.26. The molecule has 5 nitrogen and oxygen atoms in total. The van der Waals surface area contributed by atoms with Crippen molar-refractivity contribution >= 4 is 12.0 Å². The zero-order valence-electron chi connectivity index (χ0n) is 13.9. The predicted molar refractivity (Wildman–Crippen MR) is 83.4 cm³/mol. The van der Waals surface area contributed by atoms with Crippen molar-refractivity contribution in [2.45, 2.75) is 77.3 Å². The molecule has 1 aliphatic carbocycles. The number of carbonyl (C=O) groups excluding carboxylic acids is 1.